The van der Waals surface area contributed by atoms with Gasteiger partial charge in [-0.15, -0.1) is 0 Å². The van der Waals surface area contributed by atoms with Gasteiger partial charge in [-0.2, -0.15) is 10.4 Å². The number of rotatable bonds is 7. The molecule has 2 N–H and O–H groups in total. The first-order valence-electron chi connectivity index (χ1n) is 7.43. The van der Waals surface area contributed by atoms with E-state index in [0.29, 0.717) is 10.2 Å². The smallest absolute Gasteiger partial charge is 0.335 e. The number of amides is 1. The summed E-state index contributed by atoms with van der Waals surface area (Å²) in [5.74, 6) is -0.837. The third kappa shape index (κ3) is 5.72. The van der Waals surface area contributed by atoms with Gasteiger partial charge in [0.05, 0.1) is 22.3 Å². The molecule has 2 aromatic carbocycles. The molecule has 7 nitrogen and oxygen atoms in total. The summed E-state index contributed by atoms with van der Waals surface area (Å²) in [5.41, 5.74) is 4.04. The number of benzene rings is 2. The number of carboxylic acid groups (broad SMARTS) is 1. The van der Waals surface area contributed by atoms with Gasteiger partial charge in [0.1, 0.15) is 18.8 Å². The average molecular weight is 416 g/mol. The zero-order chi connectivity index (χ0) is 18.9. The van der Waals surface area contributed by atoms with E-state index in [1.165, 1.54) is 18.3 Å². The Balaban J connectivity index is 1.94. The highest BCUT2D eigenvalue weighted by atomic mass is 79.9. The number of hydrogen-bond acceptors (Lipinski definition) is 5. The van der Waals surface area contributed by atoms with Crippen LogP contribution in [0.3, 0.4) is 0 Å². The minimum Gasteiger partial charge on any atom is -0.488 e. The predicted octanol–water partition coefficient (Wildman–Crippen LogP) is 3.09. The minimum absolute atomic E-state index is 0.223. The van der Waals surface area contributed by atoms with E-state index >= 15 is 0 Å². The van der Waals surface area contributed by atoms with E-state index in [9.17, 15) is 9.59 Å². The lowest BCUT2D eigenvalue weighted by molar-refractivity contribution is -0.120. The molecule has 0 heterocycles. The van der Waals surface area contributed by atoms with Crippen molar-refractivity contribution >= 4 is 34.0 Å². The number of halogens is 1. The van der Waals surface area contributed by atoms with Gasteiger partial charge in [-0.25, -0.2) is 10.2 Å². The number of nitrogens with zero attached hydrogens (tertiary/aromatic N) is 2. The van der Waals surface area contributed by atoms with Gasteiger partial charge in [0.25, 0.3) is 5.91 Å². The van der Waals surface area contributed by atoms with Crippen molar-refractivity contribution in [2.75, 3.05) is 0 Å². The molecular formula is C18H14BrN3O4. The molecule has 0 aliphatic rings. The molecule has 0 aromatic heterocycles. The third-order valence-electron chi connectivity index (χ3n) is 3.19. The molecule has 0 saturated heterocycles. The zero-order valence-corrected chi connectivity index (χ0v) is 15.1. The van der Waals surface area contributed by atoms with E-state index < -0.39 is 11.9 Å². The molecule has 0 saturated carbocycles. The van der Waals surface area contributed by atoms with Crippen LogP contribution < -0.4 is 10.2 Å². The van der Waals surface area contributed by atoms with Gasteiger partial charge >= 0.3 is 5.97 Å². The van der Waals surface area contributed by atoms with E-state index in [1.54, 1.807) is 36.4 Å². The Bertz CT molecular complexity index is 873. The van der Waals surface area contributed by atoms with Gasteiger partial charge < -0.3 is 9.84 Å². The summed E-state index contributed by atoms with van der Waals surface area (Å²) in [6.07, 6.45) is 1.20. The second-order valence-electron chi connectivity index (χ2n) is 5.11. The maximum absolute atomic E-state index is 11.1. The zero-order valence-electron chi connectivity index (χ0n) is 13.5. The highest BCUT2D eigenvalue weighted by Crippen LogP contribution is 2.26. The van der Waals surface area contributed by atoms with Crippen molar-refractivity contribution < 1.29 is 19.4 Å². The van der Waals surface area contributed by atoms with Crippen molar-refractivity contribution in [2.45, 2.75) is 13.0 Å². The Hall–Kier alpha value is -3.18. The molecule has 0 aliphatic heterocycles. The molecule has 0 atom stereocenters. The van der Waals surface area contributed by atoms with Crippen LogP contribution in [-0.2, 0) is 11.4 Å². The molecule has 0 aliphatic carbocycles. The Kier molecular flexibility index (Phi) is 6.88. The van der Waals surface area contributed by atoms with Gasteiger partial charge in [0.2, 0.25) is 0 Å². The Morgan fingerprint density at radius 3 is 2.62 bits per heavy atom. The van der Waals surface area contributed by atoms with Crippen LogP contribution in [-0.4, -0.2) is 23.2 Å². The summed E-state index contributed by atoms with van der Waals surface area (Å²) in [7, 11) is 0. The first-order valence-corrected chi connectivity index (χ1v) is 8.22. The summed E-state index contributed by atoms with van der Waals surface area (Å²) in [6.45, 7) is 0.288. The highest BCUT2D eigenvalue weighted by Gasteiger charge is 2.05. The monoisotopic (exact) mass is 415 g/mol. The molecule has 26 heavy (non-hydrogen) atoms. The Labute approximate surface area is 158 Å². The van der Waals surface area contributed by atoms with Crippen molar-refractivity contribution in [1.82, 2.24) is 5.43 Å². The van der Waals surface area contributed by atoms with E-state index in [2.05, 4.69) is 26.5 Å². The average Bonchev–Trinajstić information content (AvgIpc) is 2.61. The minimum atomic E-state index is -0.971. The maximum atomic E-state index is 11.1. The number of hydrogen-bond donors (Lipinski definition) is 2. The standard InChI is InChI=1S/C18H14BrN3O4/c19-15-9-13(10-21-22-17(23)7-8-20)3-6-16(15)26-11-12-1-4-14(5-2-12)18(24)25/h1-6,9-10H,7,11H2,(H,22,23)(H,24,25)/b21-10+. The number of nitrogens with one attached hydrogen (secondary N) is 1. The topological polar surface area (TPSA) is 112 Å². The number of carbonyl (C=O) groups excluding carboxylic acids is 1. The summed E-state index contributed by atoms with van der Waals surface area (Å²) < 4.78 is 6.41. The van der Waals surface area contributed by atoms with Crippen LogP contribution in [0.4, 0.5) is 0 Å². The van der Waals surface area contributed by atoms with Crippen molar-refractivity contribution in [3.8, 4) is 11.8 Å². The van der Waals surface area contributed by atoms with Gasteiger partial charge in [0.15, 0.2) is 0 Å². The molecule has 2 rings (SSSR count). The SMILES string of the molecule is N#CCC(=O)N/N=C/c1ccc(OCc2ccc(C(=O)O)cc2)c(Br)c1. The van der Waals surface area contributed by atoms with Gasteiger partial charge in [-0.1, -0.05) is 12.1 Å². The molecule has 0 radical (unpaired) electrons. The van der Waals surface area contributed by atoms with Crippen LogP contribution in [0.5, 0.6) is 5.75 Å². The normalized spacial score (nSPS) is 10.3. The van der Waals surface area contributed by atoms with Crippen molar-refractivity contribution in [3.63, 3.8) is 0 Å². The molecule has 0 bridgehead atoms. The summed E-state index contributed by atoms with van der Waals surface area (Å²) in [6, 6.07) is 13.4. The third-order valence-corrected chi connectivity index (χ3v) is 3.81. The molecule has 8 heteroatoms. The first-order chi connectivity index (χ1) is 12.5. The second-order valence-corrected chi connectivity index (χ2v) is 5.96. The molecule has 0 fully saturated rings. The Morgan fingerprint density at radius 1 is 1.27 bits per heavy atom. The van der Waals surface area contributed by atoms with Crippen molar-refractivity contribution in [1.29, 1.82) is 5.26 Å². The summed E-state index contributed by atoms with van der Waals surface area (Å²) in [4.78, 5) is 22.0. The molecule has 2 aromatic rings. The van der Waals surface area contributed by atoms with Crippen molar-refractivity contribution in [2.24, 2.45) is 5.10 Å². The van der Waals surface area contributed by atoms with E-state index in [1.807, 2.05) is 0 Å². The molecule has 1 amide bonds. The number of carboxylic acids is 1. The van der Waals surface area contributed by atoms with Crippen LogP contribution in [0.1, 0.15) is 27.9 Å². The lowest BCUT2D eigenvalue weighted by Crippen LogP contribution is -2.16. The molecular weight excluding hydrogens is 402 g/mol. The second kappa shape index (κ2) is 9.34. The van der Waals surface area contributed by atoms with Crippen LogP contribution in [0.25, 0.3) is 0 Å². The maximum Gasteiger partial charge on any atom is 0.335 e. The first kappa shape index (κ1) is 19.1. The van der Waals surface area contributed by atoms with E-state index in [-0.39, 0.29) is 18.6 Å². The van der Waals surface area contributed by atoms with Crippen molar-refractivity contribution in [3.05, 3.63) is 63.6 Å². The predicted molar refractivity (Wildman–Crippen MR) is 97.8 cm³/mol. The van der Waals surface area contributed by atoms with Crippen LogP contribution in [0.15, 0.2) is 52.0 Å². The highest BCUT2D eigenvalue weighted by molar-refractivity contribution is 9.10. The lowest BCUT2D eigenvalue weighted by Gasteiger charge is -2.09. The lowest BCUT2D eigenvalue weighted by atomic mass is 10.1. The molecule has 132 valence electrons. The fourth-order valence-electron chi connectivity index (χ4n) is 1.91. The van der Waals surface area contributed by atoms with Crippen LogP contribution in [0, 0.1) is 11.3 Å². The van der Waals surface area contributed by atoms with Gasteiger partial charge in [-0.3, -0.25) is 4.79 Å². The van der Waals surface area contributed by atoms with Gasteiger partial charge in [0, 0.05) is 0 Å². The largest absolute Gasteiger partial charge is 0.488 e. The summed E-state index contributed by atoms with van der Waals surface area (Å²) >= 11 is 3.40. The molecule has 0 spiro atoms. The fourth-order valence-corrected chi connectivity index (χ4v) is 2.42. The number of ether oxygens (including phenoxy) is 1. The Morgan fingerprint density at radius 2 is 2.00 bits per heavy atom. The number of hydrazone groups is 1. The molecule has 0 unspecified atom stereocenters. The number of aromatic carboxylic acids is 1. The number of nitriles is 1. The van der Waals surface area contributed by atoms with E-state index in [0.717, 1.165) is 11.1 Å². The number of carbonyl (C=O) groups is 2. The van der Waals surface area contributed by atoms with Crippen LogP contribution in [0.2, 0.25) is 0 Å². The van der Waals surface area contributed by atoms with E-state index in [4.69, 9.17) is 15.1 Å². The van der Waals surface area contributed by atoms with Crippen LogP contribution >= 0.6 is 15.9 Å². The fraction of sp³-hybridized carbons (Fsp3) is 0.111. The summed E-state index contributed by atoms with van der Waals surface area (Å²) in [5, 5.41) is 21.0. The quantitative estimate of drug-likeness (QED) is 0.532. The van der Waals surface area contributed by atoms with Gasteiger partial charge in [-0.05, 0) is 57.4 Å².